The SMILES string of the molecule is Cc1ccccc1.N#CC1(Cl)CCCC1. The zero-order valence-electron chi connectivity index (χ0n) is 9.04. The molecule has 1 aromatic rings. The summed E-state index contributed by atoms with van der Waals surface area (Å²) < 4.78 is 0. The summed E-state index contributed by atoms with van der Waals surface area (Å²) >= 11 is 5.79. The van der Waals surface area contributed by atoms with Crippen LogP contribution in [0.2, 0.25) is 0 Å². The number of hydrogen-bond donors (Lipinski definition) is 0. The highest BCUT2D eigenvalue weighted by Gasteiger charge is 2.30. The molecule has 1 saturated carbocycles. The topological polar surface area (TPSA) is 23.8 Å². The summed E-state index contributed by atoms with van der Waals surface area (Å²) in [5.41, 5.74) is 1.32. The van der Waals surface area contributed by atoms with Gasteiger partial charge in [0.2, 0.25) is 0 Å². The van der Waals surface area contributed by atoms with Gasteiger partial charge in [-0.1, -0.05) is 48.7 Å². The number of nitrogens with zero attached hydrogens (tertiary/aromatic N) is 1. The quantitative estimate of drug-likeness (QED) is 0.607. The summed E-state index contributed by atoms with van der Waals surface area (Å²) in [6.45, 7) is 2.08. The minimum absolute atomic E-state index is 0.486. The fraction of sp³-hybridized carbons (Fsp3) is 0.462. The van der Waals surface area contributed by atoms with Crippen LogP contribution >= 0.6 is 11.6 Å². The van der Waals surface area contributed by atoms with Gasteiger partial charge >= 0.3 is 0 Å². The summed E-state index contributed by atoms with van der Waals surface area (Å²) in [7, 11) is 0. The summed E-state index contributed by atoms with van der Waals surface area (Å²) in [5, 5.41) is 8.44. The van der Waals surface area contributed by atoms with Crippen LogP contribution < -0.4 is 0 Å². The first-order valence-electron chi connectivity index (χ1n) is 5.28. The fourth-order valence-corrected chi connectivity index (χ4v) is 1.85. The van der Waals surface area contributed by atoms with Crippen LogP contribution in [0.3, 0.4) is 0 Å². The van der Waals surface area contributed by atoms with E-state index < -0.39 is 4.87 Å². The molecular formula is C13H16ClN. The van der Waals surface area contributed by atoms with Gasteiger partial charge in [-0.15, -0.1) is 11.6 Å². The van der Waals surface area contributed by atoms with E-state index in [1.165, 1.54) is 5.56 Å². The van der Waals surface area contributed by atoms with Crippen molar-refractivity contribution in [3.8, 4) is 6.07 Å². The minimum Gasteiger partial charge on any atom is -0.196 e. The Morgan fingerprint density at radius 1 is 1.20 bits per heavy atom. The van der Waals surface area contributed by atoms with Crippen molar-refractivity contribution in [2.75, 3.05) is 0 Å². The van der Waals surface area contributed by atoms with Gasteiger partial charge in [-0.2, -0.15) is 5.26 Å². The number of hydrogen-bond acceptors (Lipinski definition) is 1. The van der Waals surface area contributed by atoms with Crippen molar-refractivity contribution >= 4 is 11.6 Å². The lowest BCUT2D eigenvalue weighted by atomic mass is 10.1. The van der Waals surface area contributed by atoms with E-state index in [0.29, 0.717) is 0 Å². The average molecular weight is 222 g/mol. The third-order valence-electron chi connectivity index (χ3n) is 2.54. The van der Waals surface area contributed by atoms with Crippen molar-refractivity contribution < 1.29 is 0 Å². The van der Waals surface area contributed by atoms with Gasteiger partial charge in [0.15, 0.2) is 0 Å². The molecule has 0 atom stereocenters. The largest absolute Gasteiger partial charge is 0.196 e. The second-order valence-electron chi connectivity index (χ2n) is 3.94. The Hall–Kier alpha value is -1.00. The number of benzene rings is 1. The predicted octanol–water partition coefficient (Wildman–Crippen LogP) is 4.06. The van der Waals surface area contributed by atoms with Gasteiger partial charge in [0.25, 0.3) is 0 Å². The van der Waals surface area contributed by atoms with Crippen LogP contribution in [0.25, 0.3) is 0 Å². The van der Waals surface area contributed by atoms with E-state index in [1.807, 2.05) is 18.2 Å². The van der Waals surface area contributed by atoms with E-state index in [9.17, 15) is 0 Å². The van der Waals surface area contributed by atoms with Crippen LogP contribution in [0, 0.1) is 18.3 Å². The lowest BCUT2D eigenvalue weighted by Crippen LogP contribution is -2.10. The van der Waals surface area contributed by atoms with E-state index in [-0.39, 0.29) is 0 Å². The van der Waals surface area contributed by atoms with E-state index in [1.54, 1.807) is 0 Å². The Bertz CT molecular complexity index is 320. The molecule has 0 amide bonds. The molecule has 0 saturated heterocycles. The second kappa shape index (κ2) is 5.78. The highest BCUT2D eigenvalue weighted by Crippen LogP contribution is 2.34. The normalized spacial score (nSPS) is 17.4. The van der Waals surface area contributed by atoms with Gasteiger partial charge in [0.1, 0.15) is 4.87 Å². The van der Waals surface area contributed by atoms with Gasteiger partial charge in [-0.3, -0.25) is 0 Å². The molecule has 0 N–H and O–H groups in total. The van der Waals surface area contributed by atoms with Crippen molar-refractivity contribution in [3.05, 3.63) is 35.9 Å². The molecule has 15 heavy (non-hydrogen) atoms. The summed E-state index contributed by atoms with van der Waals surface area (Å²) in [6, 6.07) is 12.4. The minimum atomic E-state index is -0.486. The van der Waals surface area contributed by atoms with Gasteiger partial charge in [0.05, 0.1) is 6.07 Å². The van der Waals surface area contributed by atoms with Crippen molar-refractivity contribution in [2.45, 2.75) is 37.5 Å². The van der Waals surface area contributed by atoms with Gasteiger partial charge in [-0.25, -0.2) is 0 Å². The van der Waals surface area contributed by atoms with Crippen LogP contribution in [0.1, 0.15) is 31.2 Å². The van der Waals surface area contributed by atoms with Crippen molar-refractivity contribution in [1.82, 2.24) is 0 Å². The Labute approximate surface area is 96.7 Å². The molecule has 2 rings (SSSR count). The molecule has 0 spiro atoms. The molecule has 2 heteroatoms. The van der Waals surface area contributed by atoms with Gasteiger partial charge in [0, 0.05) is 0 Å². The Morgan fingerprint density at radius 3 is 2.00 bits per heavy atom. The van der Waals surface area contributed by atoms with Crippen LogP contribution in [0.5, 0.6) is 0 Å². The van der Waals surface area contributed by atoms with E-state index in [4.69, 9.17) is 16.9 Å². The van der Waals surface area contributed by atoms with E-state index in [2.05, 4.69) is 25.1 Å². The maximum atomic E-state index is 8.44. The van der Waals surface area contributed by atoms with Gasteiger partial charge in [-0.05, 0) is 19.8 Å². The lowest BCUT2D eigenvalue weighted by Gasteiger charge is -2.06. The average Bonchev–Trinajstić information content (AvgIpc) is 2.68. The van der Waals surface area contributed by atoms with Crippen molar-refractivity contribution in [1.29, 1.82) is 5.26 Å². The number of halogens is 1. The molecule has 1 aromatic carbocycles. The summed E-state index contributed by atoms with van der Waals surface area (Å²) in [6.07, 6.45) is 4.00. The molecule has 0 unspecified atom stereocenters. The first kappa shape index (κ1) is 12.1. The number of aryl methyl sites for hydroxylation is 1. The Morgan fingerprint density at radius 2 is 1.73 bits per heavy atom. The van der Waals surface area contributed by atoms with E-state index >= 15 is 0 Å². The zero-order valence-corrected chi connectivity index (χ0v) is 9.80. The van der Waals surface area contributed by atoms with Crippen LogP contribution in [-0.2, 0) is 0 Å². The highest BCUT2D eigenvalue weighted by molar-refractivity contribution is 6.25. The Balaban J connectivity index is 0.000000151. The lowest BCUT2D eigenvalue weighted by molar-refractivity contribution is 0.746. The Kier molecular flexibility index (Phi) is 4.65. The second-order valence-corrected chi connectivity index (χ2v) is 4.66. The maximum absolute atomic E-state index is 8.44. The van der Waals surface area contributed by atoms with E-state index in [0.717, 1.165) is 25.7 Å². The smallest absolute Gasteiger partial charge is 0.131 e. The number of alkyl halides is 1. The summed E-state index contributed by atoms with van der Waals surface area (Å²) in [4.78, 5) is -0.486. The third kappa shape index (κ3) is 4.36. The first-order chi connectivity index (χ1) is 7.16. The summed E-state index contributed by atoms with van der Waals surface area (Å²) in [5.74, 6) is 0. The monoisotopic (exact) mass is 221 g/mol. The molecule has 0 heterocycles. The molecule has 0 aliphatic heterocycles. The van der Waals surface area contributed by atoms with Crippen LogP contribution in [0.4, 0.5) is 0 Å². The zero-order chi connectivity index (χ0) is 11.1. The van der Waals surface area contributed by atoms with Crippen molar-refractivity contribution in [3.63, 3.8) is 0 Å². The molecule has 1 nitrogen and oxygen atoms in total. The molecule has 1 aliphatic carbocycles. The predicted molar refractivity (Wildman–Crippen MR) is 63.8 cm³/mol. The van der Waals surface area contributed by atoms with Crippen molar-refractivity contribution in [2.24, 2.45) is 0 Å². The van der Waals surface area contributed by atoms with Crippen LogP contribution in [-0.4, -0.2) is 4.87 Å². The maximum Gasteiger partial charge on any atom is 0.131 e. The van der Waals surface area contributed by atoms with Crippen LogP contribution in [0.15, 0.2) is 30.3 Å². The molecular weight excluding hydrogens is 206 g/mol. The highest BCUT2D eigenvalue weighted by atomic mass is 35.5. The first-order valence-corrected chi connectivity index (χ1v) is 5.66. The number of nitriles is 1. The molecule has 0 aromatic heterocycles. The fourth-order valence-electron chi connectivity index (χ4n) is 1.58. The molecule has 0 bridgehead atoms. The van der Waals surface area contributed by atoms with Gasteiger partial charge < -0.3 is 0 Å². The standard InChI is InChI=1S/C7H8.C6H8ClN/c1-7-5-3-2-4-6-7;7-6(5-8)3-1-2-4-6/h2-6H,1H3;1-4H2. The third-order valence-corrected chi connectivity index (χ3v) is 3.00. The number of rotatable bonds is 0. The molecule has 1 aliphatic rings. The molecule has 80 valence electrons. The molecule has 0 radical (unpaired) electrons. The molecule has 1 fully saturated rings.